The molecule has 34 valence electrons. The summed E-state index contributed by atoms with van der Waals surface area (Å²) in [6.07, 6.45) is 0. The van der Waals surface area contributed by atoms with Crippen LogP contribution in [0.4, 0.5) is 0 Å². The van der Waals surface area contributed by atoms with Crippen molar-refractivity contribution in [3.63, 3.8) is 0 Å². The van der Waals surface area contributed by atoms with Gasteiger partial charge in [0.25, 0.3) is 0 Å². The molecule has 7 heteroatoms. The zero-order valence-electron chi connectivity index (χ0n) is 2.99. The molecule has 0 atom stereocenters. The minimum absolute atomic E-state index is 0. The van der Waals surface area contributed by atoms with Crippen molar-refractivity contribution in [2.24, 2.45) is 0 Å². The number of hydrogen-bond donors (Lipinski definition) is 0. The molecule has 0 unspecified atom stereocenters. The Morgan fingerprint density at radius 1 is 1.14 bits per heavy atom. The Kier molecular flexibility index (Phi) is 13.0. The maximum atomic E-state index is 8.55. The van der Waals surface area contributed by atoms with Crippen molar-refractivity contribution in [3.8, 4) is 0 Å². The van der Waals surface area contributed by atoms with E-state index in [0.29, 0.717) is 0 Å². The van der Waals surface area contributed by atoms with Crippen LogP contribution < -0.4 is 14.7 Å². The monoisotopic (exact) mass is 399 g/mol. The van der Waals surface area contributed by atoms with Crippen LogP contribution in [0.25, 0.3) is 0 Å². The van der Waals surface area contributed by atoms with Crippen molar-refractivity contribution < 1.29 is 40.3 Å². The number of rotatable bonds is 0. The SMILES string of the molecule is O=P([O-])([O-])[O-].[Sn+4].[W+4]. The smallest absolute Gasteiger partial charge is 0.822 e. The van der Waals surface area contributed by atoms with E-state index in [4.69, 9.17) is 19.2 Å². The third-order valence-electron chi connectivity index (χ3n) is 0. The van der Waals surface area contributed by atoms with Gasteiger partial charge in [-0.3, -0.25) is 0 Å². The largest absolute Gasteiger partial charge is 4.00 e. The molecule has 0 heterocycles. The van der Waals surface area contributed by atoms with Gasteiger partial charge in [0.2, 0.25) is 0 Å². The number of phosphoric acid groups is 1. The van der Waals surface area contributed by atoms with E-state index in [-0.39, 0.29) is 45.0 Å². The van der Waals surface area contributed by atoms with Crippen LogP contribution in [0.15, 0.2) is 0 Å². The van der Waals surface area contributed by atoms with Crippen LogP contribution in [0, 0.1) is 0 Å². The van der Waals surface area contributed by atoms with Crippen molar-refractivity contribution in [3.05, 3.63) is 0 Å². The molecule has 0 radical (unpaired) electrons. The van der Waals surface area contributed by atoms with Crippen molar-refractivity contribution in [1.82, 2.24) is 0 Å². The minimum atomic E-state index is -5.39. The molecule has 4 nitrogen and oxygen atoms in total. The molecule has 0 fully saturated rings. The Hall–Kier alpha value is 1.60. The predicted molar refractivity (Wildman–Crippen MR) is 13.4 cm³/mol. The van der Waals surface area contributed by atoms with E-state index in [9.17, 15) is 0 Å². The summed E-state index contributed by atoms with van der Waals surface area (Å²) < 4.78 is 8.55. The normalized spacial score (nSPS) is 8.43. The van der Waals surface area contributed by atoms with Crippen molar-refractivity contribution in [2.45, 2.75) is 0 Å². The second-order valence-electron chi connectivity index (χ2n) is 0.447. The van der Waals surface area contributed by atoms with Gasteiger partial charge < -0.3 is 19.2 Å². The van der Waals surface area contributed by atoms with Gasteiger partial charge in [-0.25, -0.2) is 0 Å². The molecule has 0 N–H and O–H groups in total. The second-order valence-corrected chi connectivity index (χ2v) is 1.34. The van der Waals surface area contributed by atoms with Crippen LogP contribution in [0.2, 0.25) is 0 Å². The molecule has 0 aliphatic carbocycles. The Bertz CT molecular complexity index is 57.8. The third-order valence-corrected chi connectivity index (χ3v) is 0. The molecule has 0 aromatic heterocycles. The fourth-order valence-electron chi connectivity index (χ4n) is 0. The number of hydrogen-bond acceptors (Lipinski definition) is 4. The topological polar surface area (TPSA) is 86.2 Å². The third kappa shape index (κ3) is 93.3. The Balaban J connectivity index is -0.0000000800. The summed E-state index contributed by atoms with van der Waals surface area (Å²) in [5.41, 5.74) is 0. The molecular formula is O4PSnW+5. The van der Waals surface area contributed by atoms with Gasteiger partial charge in [0.05, 0.1) is 0 Å². The molecule has 0 aromatic carbocycles. The van der Waals surface area contributed by atoms with E-state index in [0.717, 1.165) is 0 Å². The van der Waals surface area contributed by atoms with Gasteiger partial charge in [0.1, 0.15) is 0 Å². The fourth-order valence-corrected chi connectivity index (χ4v) is 0. The molecule has 0 aliphatic heterocycles. The van der Waals surface area contributed by atoms with Gasteiger partial charge in [-0.05, 0) is 0 Å². The van der Waals surface area contributed by atoms with Gasteiger partial charge in [0.15, 0.2) is 0 Å². The summed E-state index contributed by atoms with van der Waals surface area (Å²) in [6.45, 7) is 0. The summed E-state index contributed by atoms with van der Waals surface area (Å²) >= 11 is 0. The van der Waals surface area contributed by atoms with Crippen LogP contribution in [0.3, 0.4) is 0 Å². The van der Waals surface area contributed by atoms with Gasteiger partial charge >= 0.3 is 45.0 Å². The maximum absolute atomic E-state index is 8.55. The first kappa shape index (κ1) is 15.8. The molecule has 0 amide bonds. The Morgan fingerprint density at radius 3 is 1.14 bits per heavy atom. The van der Waals surface area contributed by atoms with Crippen molar-refractivity contribution in [1.29, 1.82) is 0 Å². The summed E-state index contributed by atoms with van der Waals surface area (Å²) in [5.74, 6) is 0. The van der Waals surface area contributed by atoms with E-state index in [1.54, 1.807) is 0 Å². The molecule has 7 heavy (non-hydrogen) atoms. The van der Waals surface area contributed by atoms with Crippen molar-refractivity contribution in [2.75, 3.05) is 0 Å². The second kappa shape index (κ2) is 5.73. The average molecular weight is 398 g/mol. The first-order chi connectivity index (χ1) is 2.00. The molecule has 0 spiro atoms. The predicted octanol–water partition coefficient (Wildman–Crippen LogP) is -3.21. The quantitative estimate of drug-likeness (QED) is 0.318. The molecule has 0 bridgehead atoms. The molecule has 0 saturated carbocycles. The van der Waals surface area contributed by atoms with Gasteiger partial charge in [-0.2, -0.15) is 7.82 Å². The minimum Gasteiger partial charge on any atom is -0.822 e. The van der Waals surface area contributed by atoms with Crippen LogP contribution in [-0.4, -0.2) is 23.9 Å². The van der Waals surface area contributed by atoms with Crippen LogP contribution >= 0.6 is 7.82 Å². The summed E-state index contributed by atoms with van der Waals surface area (Å²) in [7, 11) is -5.39. The van der Waals surface area contributed by atoms with Gasteiger partial charge in [0, 0.05) is 0 Å². The van der Waals surface area contributed by atoms with E-state index < -0.39 is 7.82 Å². The standard InChI is InChI=1S/H3O4P.Sn.W/c1-5(2,3)4;;/h(H3,1,2,3,4);;/q;2*+4/p-3. The van der Waals surface area contributed by atoms with Gasteiger partial charge in [-0.1, -0.05) is 0 Å². The van der Waals surface area contributed by atoms with E-state index >= 15 is 0 Å². The van der Waals surface area contributed by atoms with E-state index in [2.05, 4.69) is 0 Å². The Labute approximate surface area is 71.8 Å². The first-order valence-electron chi connectivity index (χ1n) is 0.730. The molecular weight excluding hydrogens is 398 g/mol. The molecule has 0 aromatic rings. The maximum Gasteiger partial charge on any atom is 4.00 e. The summed E-state index contributed by atoms with van der Waals surface area (Å²) in [4.78, 5) is 25.6. The Morgan fingerprint density at radius 2 is 1.14 bits per heavy atom. The molecule has 0 aliphatic rings. The van der Waals surface area contributed by atoms with Crippen LogP contribution in [0.1, 0.15) is 0 Å². The van der Waals surface area contributed by atoms with Gasteiger partial charge in [-0.15, -0.1) is 0 Å². The van der Waals surface area contributed by atoms with E-state index in [1.807, 2.05) is 0 Å². The molecule has 0 rings (SSSR count). The zero-order valence-corrected chi connectivity index (χ0v) is 9.67. The van der Waals surface area contributed by atoms with Crippen molar-refractivity contribution >= 4 is 31.7 Å². The van der Waals surface area contributed by atoms with Crippen LogP contribution in [-0.2, 0) is 25.6 Å². The van der Waals surface area contributed by atoms with Crippen LogP contribution in [0.5, 0.6) is 0 Å². The fraction of sp³-hybridized carbons (Fsp3) is 0. The summed E-state index contributed by atoms with van der Waals surface area (Å²) in [5, 5.41) is 0. The first-order valence-corrected chi connectivity index (χ1v) is 2.19. The zero-order chi connectivity index (χ0) is 4.50. The molecule has 0 saturated heterocycles. The van der Waals surface area contributed by atoms with E-state index in [1.165, 1.54) is 0 Å². The summed E-state index contributed by atoms with van der Waals surface area (Å²) in [6, 6.07) is 0. The average Bonchev–Trinajstić information content (AvgIpc) is 0.722.